The summed E-state index contributed by atoms with van der Waals surface area (Å²) < 4.78 is 65.2. The second-order valence-electron chi connectivity index (χ2n) is 9.88. The van der Waals surface area contributed by atoms with Gasteiger partial charge in [-0.25, -0.2) is 13.4 Å². The van der Waals surface area contributed by atoms with E-state index in [1.165, 1.54) is 35.4 Å². The number of anilines is 3. The number of aromatic nitrogens is 1. The third-order valence-electron chi connectivity index (χ3n) is 6.87. The van der Waals surface area contributed by atoms with Crippen LogP contribution in [0.25, 0.3) is 0 Å². The van der Waals surface area contributed by atoms with E-state index in [-0.39, 0.29) is 34.5 Å². The van der Waals surface area contributed by atoms with E-state index >= 15 is 0 Å². The molecule has 0 saturated carbocycles. The number of sulfone groups is 1. The highest BCUT2D eigenvalue weighted by molar-refractivity contribution is 7.90. The van der Waals surface area contributed by atoms with Gasteiger partial charge in [0.25, 0.3) is 5.91 Å². The average Bonchev–Trinajstić information content (AvgIpc) is 2.95. The van der Waals surface area contributed by atoms with Crippen molar-refractivity contribution in [3.8, 4) is 0 Å². The Kier molecular flexibility index (Phi) is 8.16. The van der Waals surface area contributed by atoms with Gasteiger partial charge in [0.05, 0.1) is 34.6 Å². The van der Waals surface area contributed by atoms with Crippen molar-refractivity contribution in [2.45, 2.75) is 24.2 Å². The predicted molar refractivity (Wildman–Crippen MR) is 157 cm³/mol. The van der Waals surface area contributed by atoms with Crippen molar-refractivity contribution < 1.29 is 26.4 Å². The van der Waals surface area contributed by atoms with Gasteiger partial charge >= 0.3 is 6.18 Å². The summed E-state index contributed by atoms with van der Waals surface area (Å²) in [6.45, 7) is 0.870. The fourth-order valence-electron chi connectivity index (χ4n) is 4.78. The summed E-state index contributed by atoms with van der Waals surface area (Å²) in [6.07, 6.45) is -1.91. The summed E-state index contributed by atoms with van der Waals surface area (Å²) in [5.74, 6) is 0.152. The number of carbonyl (C=O) groups excluding carboxylic acids is 1. The molecule has 218 valence electrons. The standard InChI is InChI=1S/C30H26ClF3N4O3S/c1-42(40,41)25-10-7-20(8-11-25)18-38(29(39)21-5-3-2-4-6-21)24-16-27-28(36-17-24)35-13-14-37(27)19-22-15-23(31)9-12-26(22)30(32,33)34/h2-12,15-17H,13-14,18-19H2,1H3,(H,35,36). The van der Waals surface area contributed by atoms with Crippen LogP contribution < -0.4 is 15.1 Å². The number of halogens is 4. The summed E-state index contributed by atoms with van der Waals surface area (Å²) in [4.78, 5) is 21.7. The number of nitrogens with zero attached hydrogens (tertiary/aromatic N) is 3. The van der Waals surface area contributed by atoms with Crippen molar-refractivity contribution in [1.82, 2.24) is 4.98 Å². The van der Waals surface area contributed by atoms with Crippen molar-refractivity contribution >= 4 is 44.5 Å². The topological polar surface area (TPSA) is 82.6 Å². The average molecular weight is 615 g/mol. The molecule has 0 atom stereocenters. The molecule has 0 unspecified atom stereocenters. The first-order valence-corrected chi connectivity index (χ1v) is 15.2. The number of hydrogen-bond donors (Lipinski definition) is 1. The Morgan fingerprint density at radius 3 is 2.43 bits per heavy atom. The third-order valence-corrected chi connectivity index (χ3v) is 8.24. The van der Waals surface area contributed by atoms with E-state index in [1.807, 2.05) is 0 Å². The third kappa shape index (κ3) is 6.52. The molecule has 42 heavy (non-hydrogen) atoms. The lowest BCUT2D eigenvalue weighted by Gasteiger charge is -2.33. The molecule has 1 aliphatic heterocycles. The fourth-order valence-corrected chi connectivity index (χ4v) is 5.60. The van der Waals surface area contributed by atoms with Gasteiger partial charge in [0.2, 0.25) is 0 Å². The van der Waals surface area contributed by atoms with Gasteiger partial charge in [0.1, 0.15) is 5.82 Å². The van der Waals surface area contributed by atoms with Crippen LogP contribution in [-0.4, -0.2) is 38.7 Å². The van der Waals surface area contributed by atoms with Crippen LogP contribution >= 0.6 is 11.6 Å². The quantitative estimate of drug-likeness (QED) is 0.258. The molecule has 1 aliphatic rings. The molecule has 3 aromatic carbocycles. The monoisotopic (exact) mass is 614 g/mol. The van der Waals surface area contributed by atoms with Gasteiger partial charge in [0, 0.05) is 36.5 Å². The molecule has 0 saturated heterocycles. The van der Waals surface area contributed by atoms with Crippen LogP contribution in [-0.2, 0) is 29.1 Å². The Labute approximate surface area is 246 Å². The van der Waals surface area contributed by atoms with Crippen molar-refractivity contribution in [3.05, 3.63) is 112 Å². The molecule has 0 aliphatic carbocycles. The second kappa shape index (κ2) is 11.7. The smallest absolute Gasteiger partial charge is 0.367 e. The molecule has 4 aromatic rings. The minimum atomic E-state index is -4.55. The minimum Gasteiger partial charge on any atom is -0.367 e. The molecule has 5 rings (SSSR count). The number of alkyl halides is 3. The molecule has 12 heteroatoms. The molecule has 1 aromatic heterocycles. The van der Waals surface area contributed by atoms with Gasteiger partial charge in [-0.2, -0.15) is 13.2 Å². The maximum absolute atomic E-state index is 13.8. The second-order valence-corrected chi connectivity index (χ2v) is 12.3. The first-order valence-electron chi connectivity index (χ1n) is 12.9. The van der Waals surface area contributed by atoms with Gasteiger partial charge in [-0.3, -0.25) is 4.79 Å². The highest BCUT2D eigenvalue weighted by atomic mass is 35.5. The Hall–Kier alpha value is -4.09. The predicted octanol–water partition coefficient (Wildman–Crippen LogP) is 6.44. The molecule has 1 amide bonds. The van der Waals surface area contributed by atoms with E-state index in [0.29, 0.717) is 41.4 Å². The summed E-state index contributed by atoms with van der Waals surface area (Å²) in [6, 6.07) is 20.1. The van der Waals surface area contributed by atoms with Gasteiger partial charge in [-0.15, -0.1) is 0 Å². The van der Waals surface area contributed by atoms with E-state index in [9.17, 15) is 26.4 Å². The van der Waals surface area contributed by atoms with Gasteiger partial charge in [-0.1, -0.05) is 41.9 Å². The lowest BCUT2D eigenvalue weighted by atomic mass is 10.1. The SMILES string of the molecule is CS(=O)(=O)c1ccc(CN(C(=O)c2ccccc2)c2cnc3c(c2)N(Cc2cc(Cl)ccc2C(F)(F)F)CCN3)cc1. The van der Waals surface area contributed by atoms with E-state index in [4.69, 9.17) is 11.6 Å². The Bertz CT molecular complexity index is 1720. The van der Waals surface area contributed by atoms with Gasteiger partial charge in [-0.05, 0) is 59.7 Å². The Morgan fingerprint density at radius 1 is 1.05 bits per heavy atom. The molecule has 0 radical (unpaired) electrons. The Morgan fingerprint density at radius 2 is 1.76 bits per heavy atom. The van der Waals surface area contributed by atoms with E-state index < -0.39 is 21.6 Å². The number of amides is 1. The van der Waals surface area contributed by atoms with Crippen molar-refractivity contribution in [2.24, 2.45) is 0 Å². The lowest BCUT2D eigenvalue weighted by molar-refractivity contribution is -0.138. The minimum absolute atomic E-state index is 0.0245. The Balaban J connectivity index is 1.53. The van der Waals surface area contributed by atoms with E-state index in [2.05, 4.69) is 10.3 Å². The summed E-state index contributed by atoms with van der Waals surface area (Å²) in [5.41, 5.74) is 1.31. The zero-order chi connectivity index (χ0) is 30.1. The van der Waals surface area contributed by atoms with Gasteiger partial charge in [0.15, 0.2) is 9.84 Å². The molecular formula is C30H26ClF3N4O3S. The normalized spacial score (nSPS) is 13.3. The highest BCUT2D eigenvalue weighted by Gasteiger charge is 2.34. The van der Waals surface area contributed by atoms with Crippen molar-refractivity contribution in [2.75, 3.05) is 34.5 Å². The fraction of sp³-hybridized carbons (Fsp3) is 0.200. The maximum Gasteiger partial charge on any atom is 0.416 e. The van der Waals surface area contributed by atoms with Crippen LogP contribution in [0.2, 0.25) is 5.02 Å². The first-order chi connectivity index (χ1) is 19.9. The maximum atomic E-state index is 13.8. The van der Waals surface area contributed by atoms with Crippen LogP contribution in [0.3, 0.4) is 0 Å². The number of rotatable bonds is 7. The number of nitrogens with one attached hydrogen (secondary N) is 1. The van der Waals surface area contributed by atoms with Crippen LogP contribution in [0.1, 0.15) is 27.0 Å². The molecule has 0 fully saturated rings. The van der Waals surface area contributed by atoms with Crippen molar-refractivity contribution in [1.29, 1.82) is 0 Å². The first kappa shape index (κ1) is 29.4. The largest absolute Gasteiger partial charge is 0.416 e. The van der Waals surface area contributed by atoms with Crippen molar-refractivity contribution in [3.63, 3.8) is 0 Å². The molecule has 0 bridgehead atoms. The van der Waals surface area contributed by atoms with Crippen LogP contribution in [0.4, 0.5) is 30.4 Å². The zero-order valence-corrected chi connectivity index (χ0v) is 24.0. The molecule has 7 nitrogen and oxygen atoms in total. The highest BCUT2D eigenvalue weighted by Crippen LogP contribution is 2.37. The number of benzene rings is 3. The summed E-state index contributed by atoms with van der Waals surface area (Å²) in [7, 11) is -3.40. The molecule has 0 spiro atoms. The van der Waals surface area contributed by atoms with E-state index in [0.717, 1.165) is 12.3 Å². The summed E-state index contributed by atoms with van der Waals surface area (Å²) >= 11 is 6.07. The number of pyridine rings is 1. The van der Waals surface area contributed by atoms with Crippen LogP contribution in [0, 0.1) is 0 Å². The molecule has 1 N–H and O–H groups in total. The number of hydrogen-bond acceptors (Lipinski definition) is 6. The number of fused-ring (bicyclic) bond motifs is 1. The lowest BCUT2D eigenvalue weighted by Crippen LogP contribution is -2.35. The zero-order valence-electron chi connectivity index (χ0n) is 22.4. The van der Waals surface area contributed by atoms with E-state index in [1.54, 1.807) is 53.4 Å². The summed E-state index contributed by atoms with van der Waals surface area (Å²) in [5, 5.41) is 3.37. The van der Waals surface area contributed by atoms with Crippen LogP contribution in [0.15, 0.2) is 90.0 Å². The molecule has 2 heterocycles. The number of carbonyl (C=O) groups is 1. The van der Waals surface area contributed by atoms with Gasteiger partial charge < -0.3 is 15.1 Å². The van der Waals surface area contributed by atoms with Crippen LogP contribution in [0.5, 0.6) is 0 Å². The molecular weight excluding hydrogens is 589 g/mol.